The minimum atomic E-state index is -0.361. The predicted molar refractivity (Wildman–Crippen MR) is 90.5 cm³/mol. The molecule has 2 rings (SSSR count). The van der Waals surface area contributed by atoms with Crippen LogP contribution in [-0.2, 0) is 9.53 Å². The normalized spacial score (nSPS) is 17.0. The highest BCUT2D eigenvalue weighted by Crippen LogP contribution is 2.21. The summed E-state index contributed by atoms with van der Waals surface area (Å²) < 4.78 is 5.62. The summed E-state index contributed by atoms with van der Waals surface area (Å²) in [5.74, 6) is 0.529. The third kappa shape index (κ3) is 4.62. The van der Waals surface area contributed by atoms with Crippen LogP contribution in [0.4, 0.5) is 5.69 Å². The van der Waals surface area contributed by atoms with Gasteiger partial charge in [0.1, 0.15) is 6.10 Å². The van der Waals surface area contributed by atoms with Gasteiger partial charge in [0, 0.05) is 43.5 Å². The second-order valence-electron chi connectivity index (χ2n) is 6.16. The van der Waals surface area contributed by atoms with Gasteiger partial charge in [0.2, 0.25) is 0 Å². The van der Waals surface area contributed by atoms with Gasteiger partial charge in [0.05, 0.1) is 0 Å². The first kappa shape index (κ1) is 17.1. The smallest absolute Gasteiger partial charge is 0.251 e. The van der Waals surface area contributed by atoms with Gasteiger partial charge in [-0.05, 0) is 31.0 Å². The van der Waals surface area contributed by atoms with E-state index >= 15 is 0 Å². The van der Waals surface area contributed by atoms with Crippen LogP contribution in [0.3, 0.4) is 0 Å². The Balaban J connectivity index is 1.85. The van der Waals surface area contributed by atoms with Crippen molar-refractivity contribution in [3.8, 4) is 0 Å². The summed E-state index contributed by atoms with van der Waals surface area (Å²) in [5.41, 5.74) is 1.11. The highest BCUT2D eigenvalue weighted by molar-refractivity contribution is 6.30. The second kappa shape index (κ2) is 7.84. The third-order valence-corrected chi connectivity index (χ3v) is 4.03. The van der Waals surface area contributed by atoms with Crippen molar-refractivity contribution in [2.45, 2.75) is 26.9 Å². The van der Waals surface area contributed by atoms with E-state index < -0.39 is 0 Å². The zero-order valence-electron chi connectivity index (χ0n) is 13.6. The molecule has 0 bridgehead atoms. The third-order valence-electron chi connectivity index (χ3n) is 3.79. The molecule has 4 nitrogen and oxygen atoms in total. The SMILES string of the molecule is CC(C)CO[C@@H](C)C(=O)N1CCN(c2cccc(Cl)c2)CC1. The van der Waals surface area contributed by atoms with Gasteiger partial charge >= 0.3 is 0 Å². The van der Waals surface area contributed by atoms with Gasteiger partial charge in [0.25, 0.3) is 5.91 Å². The molecule has 1 saturated heterocycles. The fourth-order valence-corrected chi connectivity index (χ4v) is 2.71. The van der Waals surface area contributed by atoms with Crippen molar-refractivity contribution in [2.24, 2.45) is 5.92 Å². The van der Waals surface area contributed by atoms with Gasteiger partial charge in [0.15, 0.2) is 0 Å². The van der Waals surface area contributed by atoms with E-state index in [2.05, 4.69) is 24.8 Å². The average Bonchev–Trinajstić information content (AvgIpc) is 2.52. The molecule has 0 radical (unpaired) electrons. The Morgan fingerprint density at radius 3 is 2.50 bits per heavy atom. The lowest BCUT2D eigenvalue weighted by molar-refractivity contribution is -0.143. The molecule has 1 aliphatic heterocycles. The van der Waals surface area contributed by atoms with Crippen molar-refractivity contribution in [1.29, 1.82) is 0 Å². The monoisotopic (exact) mass is 324 g/mol. The first-order valence-corrected chi connectivity index (χ1v) is 8.26. The van der Waals surface area contributed by atoms with Gasteiger partial charge in [-0.2, -0.15) is 0 Å². The topological polar surface area (TPSA) is 32.8 Å². The minimum Gasteiger partial charge on any atom is -0.368 e. The number of halogens is 1. The molecule has 0 aliphatic carbocycles. The summed E-state index contributed by atoms with van der Waals surface area (Å²) in [4.78, 5) is 16.5. The molecule has 22 heavy (non-hydrogen) atoms. The Morgan fingerprint density at radius 1 is 1.23 bits per heavy atom. The summed E-state index contributed by atoms with van der Waals surface area (Å²) in [6.07, 6.45) is -0.361. The Hall–Kier alpha value is -1.26. The van der Waals surface area contributed by atoms with Crippen LogP contribution in [0, 0.1) is 5.92 Å². The van der Waals surface area contributed by atoms with Crippen molar-refractivity contribution in [3.05, 3.63) is 29.3 Å². The summed E-state index contributed by atoms with van der Waals surface area (Å²) in [5, 5.41) is 0.742. The van der Waals surface area contributed by atoms with Crippen LogP contribution in [0.15, 0.2) is 24.3 Å². The zero-order valence-corrected chi connectivity index (χ0v) is 14.3. The number of carbonyl (C=O) groups excluding carboxylic acids is 1. The van der Waals surface area contributed by atoms with E-state index in [1.54, 1.807) is 0 Å². The molecule has 0 aromatic heterocycles. The van der Waals surface area contributed by atoms with Crippen LogP contribution in [0.1, 0.15) is 20.8 Å². The lowest BCUT2D eigenvalue weighted by Gasteiger charge is -2.37. The van der Waals surface area contributed by atoms with E-state index in [0.29, 0.717) is 12.5 Å². The number of hydrogen-bond acceptors (Lipinski definition) is 3. The van der Waals surface area contributed by atoms with E-state index in [1.165, 1.54) is 0 Å². The van der Waals surface area contributed by atoms with Gasteiger partial charge in [-0.1, -0.05) is 31.5 Å². The van der Waals surface area contributed by atoms with Crippen LogP contribution >= 0.6 is 11.6 Å². The van der Waals surface area contributed by atoms with E-state index in [1.807, 2.05) is 30.0 Å². The first-order valence-electron chi connectivity index (χ1n) is 7.88. The van der Waals surface area contributed by atoms with Crippen molar-refractivity contribution in [1.82, 2.24) is 4.90 Å². The molecule has 1 aromatic carbocycles. The Kier molecular flexibility index (Phi) is 6.09. The van der Waals surface area contributed by atoms with E-state index in [0.717, 1.165) is 36.9 Å². The lowest BCUT2D eigenvalue weighted by Crippen LogP contribution is -2.51. The Labute approximate surface area is 138 Å². The van der Waals surface area contributed by atoms with Gasteiger partial charge in [-0.15, -0.1) is 0 Å². The molecule has 1 aromatic rings. The molecule has 1 amide bonds. The van der Waals surface area contributed by atoms with Crippen LogP contribution in [0.2, 0.25) is 5.02 Å². The highest BCUT2D eigenvalue weighted by atomic mass is 35.5. The number of carbonyl (C=O) groups is 1. The maximum Gasteiger partial charge on any atom is 0.251 e. The molecule has 1 aliphatic rings. The van der Waals surface area contributed by atoms with Gasteiger partial charge in [-0.3, -0.25) is 4.79 Å². The number of nitrogens with zero attached hydrogens (tertiary/aromatic N) is 2. The summed E-state index contributed by atoms with van der Waals surface area (Å²) >= 11 is 6.04. The maximum absolute atomic E-state index is 12.4. The standard InChI is InChI=1S/C17H25ClN2O2/c1-13(2)12-22-14(3)17(21)20-9-7-19(8-10-20)16-6-4-5-15(18)11-16/h4-6,11,13-14H,7-10,12H2,1-3H3/t14-/m0/s1. The van der Waals surface area contributed by atoms with E-state index in [4.69, 9.17) is 16.3 Å². The minimum absolute atomic E-state index is 0.0893. The van der Waals surface area contributed by atoms with Crippen molar-refractivity contribution < 1.29 is 9.53 Å². The Bertz CT molecular complexity index is 499. The molecule has 1 fully saturated rings. The van der Waals surface area contributed by atoms with Crippen molar-refractivity contribution in [3.63, 3.8) is 0 Å². The van der Waals surface area contributed by atoms with E-state index in [-0.39, 0.29) is 12.0 Å². The molecular weight excluding hydrogens is 300 g/mol. The fraction of sp³-hybridized carbons (Fsp3) is 0.588. The van der Waals surface area contributed by atoms with Gasteiger partial charge in [-0.25, -0.2) is 0 Å². The summed E-state index contributed by atoms with van der Waals surface area (Å²) in [6.45, 7) is 9.72. The van der Waals surface area contributed by atoms with Crippen LogP contribution in [0.5, 0.6) is 0 Å². The molecule has 5 heteroatoms. The number of anilines is 1. The van der Waals surface area contributed by atoms with Crippen LogP contribution < -0.4 is 4.90 Å². The molecule has 0 N–H and O–H groups in total. The highest BCUT2D eigenvalue weighted by Gasteiger charge is 2.25. The number of ether oxygens (including phenoxy) is 1. The second-order valence-corrected chi connectivity index (χ2v) is 6.60. The van der Waals surface area contributed by atoms with Crippen LogP contribution in [-0.4, -0.2) is 49.7 Å². The molecule has 122 valence electrons. The first-order chi connectivity index (χ1) is 10.5. The molecule has 1 heterocycles. The van der Waals surface area contributed by atoms with Crippen molar-refractivity contribution in [2.75, 3.05) is 37.7 Å². The number of rotatable bonds is 5. The average molecular weight is 325 g/mol. The Morgan fingerprint density at radius 2 is 1.91 bits per heavy atom. The molecule has 0 spiro atoms. The van der Waals surface area contributed by atoms with E-state index in [9.17, 15) is 4.79 Å². The fourth-order valence-electron chi connectivity index (χ4n) is 2.52. The summed E-state index contributed by atoms with van der Waals surface area (Å²) in [7, 11) is 0. The zero-order chi connectivity index (χ0) is 16.1. The molecule has 0 unspecified atom stereocenters. The lowest BCUT2D eigenvalue weighted by atomic mass is 10.2. The molecular formula is C17H25ClN2O2. The number of benzene rings is 1. The molecule has 1 atom stereocenters. The number of hydrogen-bond donors (Lipinski definition) is 0. The number of amides is 1. The largest absolute Gasteiger partial charge is 0.368 e. The van der Waals surface area contributed by atoms with Gasteiger partial charge < -0.3 is 14.5 Å². The predicted octanol–water partition coefficient (Wildman–Crippen LogP) is 3.05. The quantitative estimate of drug-likeness (QED) is 0.834. The number of piperazine rings is 1. The summed E-state index contributed by atoms with van der Waals surface area (Å²) in [6, 6.07) is 7.85. The molecule has 0 saturated carbocycles. The van der Waals surface area contributed by atoms with Crippen molar-refractivity contribution >= 4 is 23.2 Å². The maximum atomic E-state index is 12.4. The van der Waals surface area contributed by atoms with Crippen LogP contribution in [0.25, 0.3) is 0 Å².